The van der Waals surface area contributed by atoms with E-state index in [2.05, 4.69) is 20.7 Å². The molecule has 0 saturated heterocycles. The summed E-state index contributed by atoms with van der Waals surface area (Å²) in [5.74, 6) is 0. The Hall–Kier alpha value is -2.08. The van der Waals surface area contributed by atoms with Crippen molar-refractivity contribution in [3.05, 3.63) is 35.4 Å². The van der Waals surface area contributed by atoms with E-state index in [1.807, 2.05) is 0 Å². The first-order valence-electron chi connectivity index (χ1n) is 5.24. The molecule has 2 N–H and O–H groups in total. The molecule has 0 aromatic carbocycles. The molecule has 0 fully saturated rings. The molecule has 6 nitrogen and oxygen atoms in total. The zero-order valence-corrected chi connectivity index (χ0v) is 10.7. The Morgan fingerprint density at radius 3 is 2.89 bits per heavy atom. The van der Waals surface area contributed by atoms with Crippen LogP contribution in [-0.2, 0) is 7.05 Å². The summed E-state index contributed by atoms with van der Waals surface area (Å²) in [6.45, 7) is 1.77. The van der Waals surface area contributed by atoms with Gasteiger partial charge in [-0.1, -0.05) is 11.6 Å². The lowest BCUT2D eigenvalue weighted by atomic mass is 10.3. The average Bonchev–Trinajstić information content (AvgIpc) is 2.70. The molecule has 0 radical (unpaired) electrons. The molecule has 0 spiro atoms. The van der Waals surface area contributed by atoms with E-state index in [1.165, 1.54) is 0 Å². The van der Waals surface area contributed by atoms with Gasteiger partial charge in [0.15, 0.2) is 0 Å². The van der Waals surface area contributed by atoms with Crippen LogP contribution < -0.4 is 10.6 Å². The number of aryl methyl sites for hydroxylation is 2. The summed E-state index contributed by atoms with van der Waals surface area (Å²) in [6, 6.07) is 1.26. The summed E-state index contributed by atoms with van der Waals surface area (Å²) in [6.07, 6.45) is 4.83. The number of hydrogen-bond acceptors (Lipinski definition) is 3. The molecule has 94 valence electrons. The molecule has 0 atom stereocenters. The molecule has 18 heavy (non-hydrogen) atoms. The number of anilines is 2. The summed E-state index contributed by atoms with van der Waals surface area (Å²) < 4.78 is 1.60. The largest absolute Gasteiger partial charge is 0.323 e. The molecule has 2 heterocycles. The van der Waals surface area contributed by atoms with Gasteiger partial charge < -0.3 is 10.6 Å². The van der Waals surface area contributed by atoms with Crippen molar-refractivity contribution in [1.82, 2.24) is 14.8 Å². The van der Waals surface area contributed by atoms with Crippen molar-refractivity contribution in [2.75, 3.05) is 10.6 Å². The van der Waals surface area contributed by atoms with Crippen LogP contribution in [0.25, 0.3) is 0 Å². The highest BCUT2D eigenvalue weighted by atomic mass is 35.5. The maximum Gasteiger partial charge on any atom is 0.323 e. The van der Waals surface area contributed by atoms with Crippen molar-refractivity contribution in [1.29, 1.82) is 0 Å². The first kappa shape index (κ1) is 12.4. The van der Waals surface area contributed by atoms with Gasteiger partial charge in [0.1, 0.15) is 0 Å². The van der Waals surface area contributed by atoms with Gasteiger partial charge in [-0.15, -0.1) is 0 Å². The van der Waals surface area contributed by atoms with Crippen LogP contribution in [0.5, 0.6) is 0 Å². The second-order valence-electron chi connectivity index (χ2n) is 3.74. The molecule has 0 aliphatic carbocycles. The lowest BCUT2D eigenvalue weighted by Crippen LogP contribution is -2.19. The number of halogens is 1. The minimum absolute atomic E-state index is 0.379. The van der Waals surface area contributed by atoms with Crippen LogP contribution in [0.4, 0.5) is 16.2 Å². The molecule has 2 aromatic heterocycles. The highest BCUT2D eigenvalue weighted by Gasteiger charge is 2.08. The second-order valence-corrected chi connectivity index (χ2v) is 4.12. The lowest BCUT2D eigenvalue weighted by molar-refractivity contribution is 0.262. The molecule has 0 bridgehead atoms. The number of carbonyl (C=O) groups excluding carboxylic acids is 1. The minimum Gasteiger partial charge on any atom is -0.306 e. The fourth-order valence-electron chi connectivity index (χ4n) is 1.42. The Morgan fingerprint density at radius 1 is 1.44 bits per heavy atom. The van der Waals surface area contributed by atoms with Crippen LogP contribution in [0, 0.1) is 6.92 Å². The molecular weight excluding hydrogens is 254 g/mol. The molecule has 2 aromatic rings. The van der Waals surface area contributed by atoms with Crippen molar-refractivity contribution in [2.24, 2.45) is 7.05 Å². The summed E-state index contributed by atoms with van der Waals surface area (Å²) >= 11 is 6.02. The Kier molecular flexibility index (Phi) is 3.47. The standard InChI is InChI=1S/C11H12ClN5O/c1-7-10(12)9(3-4-13-7)16-11(18)15-8-5-14-17(2)6-8/h3-6H,1-2H3,(H2,13,15,16,18). The van der Waals surface area contributed by atoms with E-state index in [1.54, 1.807) is 43.3 Å². The Morgan fingerprint density at radius 2 is 2.22 bits per heavy atom. The van der Waals surface area contributed by atoms with Crippen LogP contribution >= 0.6 is 11.6 Å². The quantitative estimate of drug-likeness (QED) is 0.876. The van der Waals surface area contributed by atoms with Gasteiger partial charge in [0, 0.05) is 19.4 Å². The summed E-state index contributed by atoms with van der Waals surface area (Å²) in [7, 11) is 1.77. The van der Waals surface area contributed by atoms with Crippen molar-refractivity contribution in [2.45, 2.75) is 6.92 Å². The van der Waals surface area contributed by atoms with Crippen molar-refractivity contribution >= 4 is 29.0 Å². The monoisotopic (exact) mass is 265 g/mol. The third kappa shape index (κ3) is 2.78. The third-order valence-corrected chi connectivity index (χ3v) is 2.75. The van der Waals surface area contributed by atoms with E-state index in [9.17, 15) is 4.79 Å². The number of rotatable bonds is 2. The van der Waals surface area contributed by atoms with Gasteiger partial charge in [-0.25, -0.2) is 4.79 Å². The first-order valence-corrected chi connectivity index (χ1v) is 5.62. The van der Waals surface area contributed by atoms with E-state index in [-0.39, 0.29) is 6.03 Å². The van der Waals surface area contributed by atoms with E-state index in [0.717, 1.165) is 0 Å². The van der Waals surface area contributed by atoms with Crippen LogP contribution in [0.1, 0.15) is 5.69 Å². The highest BCUT2D eigenvalue weighted by molar-refractivity contribution is 6.34. The fourth-order valence-corrected chi connectivity index (χ4v) is 1.57. The predicted molar refractivity (Wildman–Crippen MR) is 69.8 cm³/mol. The zero-order valence-electron chi connectivity index (χ0n) is 9.94. The van der Waals surface area contributed by atoms with Gasteiger partial charge in [-0.05, 0) is 13.0 Å². The maximum absolute atomic E-state index is 11.7. The molecular formula is C11H12ClN5O. The van der Waals surface area contributed by atoms with Gasteiger partial charge in [-0.3, -0.25) is 9.67 Å². The Bertz CT molecular complexity index is 581. The van der Waals surface area contributed by atoms with Crippen molar-refractivity contribution in [3.63, 3.8) is 0 Å². The first-order chi connectivity index (χ1) is 8.56. The van der Waals surface area contributed by atoms with Gasteiger partial charge in [0.25, 0.3) is 0 Å². The highest BCUT2D eigenvalue weighted by Crippen LogP contribution is 2.23. The number of hydrogen-bond donors (Lipinski definition) is 2. The van der Waals surface area contributed by atoms with E-state index < -0.39 is 0 Å². The van der Waals surface area contributed by atoms with Gasteiger partial charge in [0.05, 0.1) is 28.3 Å². The number of nitrogens with zero attached hydrogens (tertiary/aromatic N) is 3. The fraction of sp³-hybridized carbons (Fsp3) is 0.182. The van der Waals surface area contributed by atoms with Crippen LogP contribution in [0.15, 0.2) is 24.7 Å². The number of aromatic nitrogens is 3. The molecule has 0 unspecified atom stereocenters. The molecule has 2 rings (SSSR count). The molecule has 0 aliphatic heterocycles. The Balaban J connectivity index is 2.05. The van der Waals surface area contributed by atoms with Crippen LogP contribution in [0.2, 0.25) is 5.02 Å². The Labute approximate surface area is 109 Å². The number of carbonyl (C=O) groups is 1. The third-order valence-electron chi connectivity index (χ3n) is 2.27. The van der Waals surface area contributed by atoms with Crippen molar-refractivity contribution < 1.29 is 4.79 Å². The average molecular weight is 266 g/mol. The van der Waals surface area contributed by atoms with Crippen LogP contribution in [0.3, 0.4) is 0 Å². The van der Waals surface area contributed by atoms with E-state index in [0.29, 0.717) is 22.1 Å². The number of amides is 2. The SMILES string of the molecule is Cc1nccc(NC(=O)Nc2cnn(C)c2)c1Cl. The summed E-state index contributed by atoms with van der Waals surface area (Å²) in [5, 5.41) is 9.67. The maximum atomic E-state index is 11.7. The van der Waals surface area contributed by atoms with Gasteiger partial charge >= 0.3 is 6.03 Å². The molecule has 0 aliphatic rings. The topological polar surface area (TPSA) is 71.8 Å². The number of nitrogens with one attached hydrogen (secondary N) is 2. The van der Waals surface area contributed by atoms with E-state index >= 15 is 0 Å². The zero-order chi connectivity index (χ0) is 13.1. The molecule has 7 heteroatoms. The number of pyridine rings is 1. The van der Waals surface area contributed by atoms with E-state index in [4.69, 9.17) is 11.6 Å². The second kappa shape index (κ2) is 5.05. The summed E-state index contributed by atoms with van der Waals surface area (Å²) in [4.78, 5) is 15.7. The molecule has 0 saturated carbocycles. The van der Waals surface area contributed by atoms with Crippen molar-refractivity contribution in [3.8, 4) is 0 Å². The van der Waals surface area contributed by atoms with Gasteiger partial charge in [-0.2, -0.15) is 5.10 Å². The smallest absolute Gasteiger partial charge is 0.306 e. The normalized spacial score (nSPS) is 10.2. The molecule has 2 amide bonds. The predicted octanol–water partition coefficient (Wildman–Crippen LogP) is 2.42. The minimum atomic E-state index is -0.379. The summed E-state index contributed by atoms with van der Waals surface area (Å²) in [5.41, 5.74) is 1.79. The number of urea groups is 1. The van der Waals surface area contributed by atoms with Gasteiger partial charge in [0.2, 0.25) is 0 Å². The van der Waals surface area contributed by atoms with Crippen LogP contribution in [-0.4, -0.2) is 20.8 Å². The lowest BCUT2D eigenvalue weighted by Gasteiger charge is -2.08.